The molecule has 0 fully saturated rings. The molecular formula is C20H20Cl2N2O2. The quantitative estimate of drug-likeness (QED) is 0.616. The highest BCUT2D eigenvalue weighted by atomic mass is 35.5. The molecule has 0 spiro atoms. The van der Waals surface area contributed by atoms with Crippen LogP contribution < -0.4 is 9.64 Å². The number of aryl methyl sites for hydroxylation is 1. The van der Waals surface area contributed by atoms with Gasteiger partial charge in [-0.25, -0.2) is 0 Å². The summed E-state index contributed by atoms with van der Waals surface area (Å²) < 4.78 is 5.43. The maximum atomic E-state index is 12.7. The topological polar surface area (TPSA) is 53.3 Å². The smallest absolute Gasteiger partial charge is 0.227 e. The lowest BCUT2D eigenvalue weighted by Crippen LogP contribution is -2.32. The van der Waals surface area contributed by atoms with Crippen LogP contribution in [0.1, 0.15) is 25.3 Å². The highest BCUT2D eigenvalue weighted by molar-refractivity contribution is 6.35. The van der Waals surface area contributed by atoms with Crippen LogP contribution in [0.25, 0.3) is 0 Å². The number of nitriles is 1. The summed E-state index contributed by atoms with van der Waals surface area (Å²) in [5, 5.41) is 10.0. The van der Waals surface area contributed by atoms with Crippen LogP contribution in [-0.4, -0.2) is 19.1 Å². The Morgan fingerprint density at radius 1 is 1.19 bits per heavy atom. The highest BCUT2D eigenvalue weighted by Crippen LogP contribution is 2.24. The normalized spacial score (nSPS) is 10.2. The Morgan fingerprint density at radius 2 is 1.92 bits per heavy atom. The van der Waals surface area contributed by atoms with Crippen LogP contribution in [0.2, 0.25) is 10.0 Å². The van der Waals surface area contributed by atoms with Crippen LogP contribution in [0, 0.1) is 11.3 Å². The van der Waals surface area contributed by atoms with Gasteiger partial charge >= 0.3 is 0 Å². The number of hydrogen-bond acceptors (Lipinski definition) is 3. The van der Waals surface area contributed by atoms with Crippen LogP contribution in [0.3, 0.4) is 0 Å². The molecule has 136 valence electrons. The second-order valence-corrected chi connectivity index (χ2v) is 6.46. The summed E-state index contributed by atoms with van der Waals surface area (Å²) in [7, 11) is 0. The number of carbonyl (C=O) groups is 1. The molecule has 0 saturated carbocycles. The SMILES string of the molecule is CCOc1ccc(N(CCC#N)C(=O)CCc2ccc(Cl)cc2Cl)cc1. The van der Waals surface area contributed by atoms with Gasteiger partial charge in [-0.1, -0.05) is 29.3 Å². The Bertz CT molecular complexity index is 785. The van der Waals surface area contributed by atoms with Crippen molar-refractivity contribution in [1.29, 1.82) is 5.26 Å². The van der Waals surface area contributed by atoms with Crippen molar-refractivity contribution >= 4 is 34.8 Å². The van der Waals surface area contributed by atoms with Crippen molar-refractivity contribution < 1.29 is 9.53 Å². The summed E-state index contributed by atoms with van der Waals surface area (Å²) in [5.74, 6) is 0.687. The van der Waals surface area contributed by atoms with Gasteiger partial charge in [-0.05, 0) is 55.3 Å². The third kappa shape index (κ3) is 5.66. The summed E-state index contributed by atoms with van der Waals surface area (Å²) in [6.45, 7) is 2.84. The van der Waals surface area contributed by atoms with E-state index in [0.29, 0.717) is 36.0 Å². The maximum absolute atomic E-state index is 12.7. The Balaban J connectivity index is 2.09. The number of nitrogens with zero attached hydrogens (tertiary/aromatic N) is 2. The van der Waals surface area contributed by atoms with Crippen molar-refractivity contribution in [3.8, 4) is 11.8 Å². The molecule has 0 aliphatic heterocycles. The molecule has 0 atom stereocenters. The first kappa shape index (κ1) is 20.1. The molecule has 0 aliphatic carbocycles. The Hall–Kier alpha value is -2.22. The molecule has 26 heavy (non-hydrogen) atoms. The number of rotatable bonds is 8. The van der Waals surface area contributed by atoms with Gasteiger partial charge in [0.05, 0.1) is 19.1 Å². The molecule has 2 aromatic rings. The maximum Gasteiger partial charge on any atom is 0.227 e. The van der Waals surface area contributed by atoms with Gasteiger partial charge in [0, 0.05) is 28.7 Å². The van der Waals surface area contributed by atoms with E-state index < -0.39 is 0 Å². The summed E-state index contributed by atoms with van der Waals surface area (Å²) in [5.41, 5.74) is 1.62. The van der Waals surface area contributed by atoms with Crippen molar-refractivity contribution in [2.75, 3.05) is 18.1 Å². The predicted octanol–water partition coefficient (Wildman–Crippen LogP) is 5.27. The van der Waals surface area contributed by atoms with Gasteiger partial charge in [-0.3, -0.25) is 4.79 Å². The van der Waals surface area contributed by atoms with Crippen molar-refractivity contribution in [1.82, 2.24) is 0 Å². The first-order chi connectivity index (χ1) is 12.5. The fourth-order valence-corrected chi connectivity index (χ4v) is 3.05. The fourth-order valence-electron chi connectivity index (χ4n) is 2.55. The zero-order chi connectivity index (χ0) is 18.9. The Labute approximate surface area is 163 Å². The van der Waals surface area contributed by atoms with Crippen molar-refractivity contribution in [2.45, 2.75) is 26.2 Å². The second kappa shape index (κ2) is 10.1. The van der Waals surface area contributed by atoms with E-state index in [9.17, 15) is 4.79 Å². The minimum Gasteiger partial charge on any atom is -0.494 e. The van der Waals surface area contributed by atoms with Gasteiger partial charge in [0.25, 0.3) is 0 Å². The van der Waals surface area contributed by atoms with E-state index in [1.54, 1.807) is 17.0 Å². The Morgan fingerprint density at radius 3 is 2.54 bits per heavy atom. The number of halogens is 2. The van der Waals surface area contributed by atoms with Crippen LogP contribution >= 0.6 is 23.2 Å². The van der Waals surface area contributed by atoms with Crippen molar-refractivity contribution in [2.24, 2.45) is 0 Å². The van der Waals surface area contributed by atoms with Crippen LogP contribution in [0.5, 0.6) is 5.75 Å². The zero-order valence-electron chi connectivity index (χ0n) is 14.5. The van der Waals surface area contributed by atoms with Crippen LogP contribution in [-0.2, 0) is 11.2 Å². The fraction of sp³-hybridized carbons (Fsp3) is 0.300. The molecule has 2 rings (SSSR count). The third-order valence-corrected chi connectivity index (χ3v) is 4.42. The number of benzene rings is 2. The molecule has 2 aromatic carbocycles. The number of amides is 1. The largest absolute Gasteiger partial charge is 0.494 e. The number of anilines is 1. The molecule has 4 nitrogen and oxygen atoms in total. The summed E-state index contributed by atoms with van der Waals surface area (Å²) in [6, 6.07) is 14.6. The van der Waals surface area contributed by atoms with E-state index in [-0.39, 0.29) is 12.3 Å². The van der Waals surface area contributed by atoms with Gasteiger partial charge in [0.1, 0.15) is 5.75 Å². The van der Waals surface area contributed by atoms with Crippen molar-refractivity contribution in [3.05, 3.63) is 58.1 Å². The minimum atomic E-state index is -0.0598. The molecule has 0 aliphatic rings. The monoisotopic (exact) mass is 390 g/mol. The lowest BCUT2D eigenvalue weighted by atomic mass is 10.1. The van der Waals surface area contributed by atoms with E-state index >= 15 is 0 Å². The first-order valence-electron chi connectivity index (χ1n) is 8.39. The molecule has 1 amide bonds. The zero-order valence-corrected chi connectivity index (χ0v) is 16.1. The number of hydrogen-bond donors (Lipinski definition) is 0. The average Bonchev–Trinajstić information content (AvgIpc) is 2.63. The van der Waals surface area contributed by atoms with E-state index in [1.165, 1.54) is 0 Å². The van der Waals surface area contributed by atoms with Crippen LogP contribution in [0.15, 0.2) is 42.5 Å². The first-order valence-corrected chi connectivity index (χ1v) is 9.15. The van der Waals surface area contributed by atoms with Crippen molar-refractivity contribution in [3.63, 3.8) is 0 Å². The molecule has 0 aromatic heterocycles. The van der Waals surface area contributed by atoms with Gasteiger partial charge in [-0.2, -0.15) is 5.26 Å². The van der Waals surface area contributed by atoms with E-state index in [0.717, 1.165) is 17.0 Å². The molecule has 0 bridgehead atoms. The van der Waals surface area contributed by atoms with E-state index in [1.807, 2.05) is 37.3 Å². The van der Waals surface area contributed by atoms with E-state index in [4.69, 9.17) is 33.2 Å². The van der Waals surface area contributed by atoms with Gasteiger partial charge in [0.15, 0.2) is 0 Å². The molecule has 6 heteroatoms. The average molecular weight is 391 g/mol. The lowest BCUT2D eigenvalue weighted by molar-refractivity contribution is -0.118. The third-order valence-electron chi connectivity index (χ3n) is 3.83. The summed E-state index contributed by atoms with van der Waals surface area (Å²) >= 11 is 12.1. The predicted molar refractivity (Wildman–Crippen MR) is 105 cm³/mol. The molecule has 0 saturated heterocycles. The molecule has 0 radical (unpaired) electrons. The van der Waals surface area contributed by atoms with Gasteiger partial charge in [-0.15, -0.1) is 0 Å². The lowest BCUT2D eigenvalue weighted by Gasteiger charge is -2.22. The van der Waals surface area contributed by atoms with Gasteiger partial charge < -0.3 is 9.64 Å². The number of ether oxygens (including phenoxy) is 1. The van der Waals surface area contributed by atoms with E-state index in [2.05, 4.69) is 6.07 Å². The molecule has 0 N–H and O–H groups in total. The second-order valence-electron chi connectivity index (χ2n) is 5.62. The molecule has 0 unspecified atom stereocenters. The minimum absolute atomic E-state index is 0.0598. The Kier molecular flexibility index (Phi) is 7.77. The number of carbonyl (C=O) groups excluding carboxylic acids is 1. The highest BCUT2D eigenvalue weighted by Gasteiger charge is 2.16. The summed E-state index contributed by atoms with van der Waals surface area (Å²) in [4.78, 5) is 14.4. The standard InChI is InChI=1S/C20H20Cl2N2O2/c1-2-26-18-9-7-17(8-10-18)24(13-3-12-23)20(25)11-5-15-4-6-16(21)14-19(15)22/h4,6-10,14H,2-3,5,11,13H2,1H3. The van der Waals surface area contributed by atoms with Gasteiger partial charge in [0.2, 0.25) is 5.91 Å². The molecular weight excluding hydrogens is 371 g/mol. The summed E-state index contributed by atoms with van der Waals surface area (Å²) in [6.07, 6.45) is 1.07. The van der Waals surface area contributed by atoms with Crippen LogP contribution in [0.4, 0.5) is 5.69 Å². The molecule has 0 heterocycles.